The molecule has 1 aliphatic carbocycles. The number of carbonyl (C=O) groups is 1. The summed E-state index contributed by atoms with van der Waals surface area (Å²) in [6, 6.07) is 7.11. The van der Waals surface area contributed by atoms with Gasteiger partial charge < -0.3 is 10.0 Å². The maximum absolute atomic E-state index is 10.8. The van der Waals surface area contributed by atoms with Crippen molar-refractivity contribution < 1.29 is 9.90 Å². The number of nitrogens with zero attached hydrogens (tertiary/aromatic N) is 1. The van der Waals surface area contributed by atoms with E-state index in [9.17, 15) is 4.79 Å². The van der Waals surface area contributed by atoms with Crippen LogP contribution in [0.3, 0.4) is 0 Å². The van der Waals surface area contributed by atoms with E-state index in [4.69, 9.17) is 5.11 Å². The van der Waals surface area contributed by atoms with Crippen LogP contribution in [-0.4, -0.2) is 24.7 Å². The summed E-state index contributed by atoms with van der Waals surface area (Å²) < 4.78 is 0. The third kappa shape index (κ3) is 2.35. The summed E-state index contributed by atoms with van der Waals surface area (Å²) in [7, 11) is 2.02. The fourth-order valence-corrected chi connectivity index (χ4v) is 1.99. The van der Waals surface area contributed by atoms with Crippen molar-refractivity contribution in [2.45, 2.75) is 13.3 Å². The zero-order valence-corrected chi connectivity index (χ0v) is 9.68. The largest absolute Gasteiger partial charge is 0.478 e. The lowest BCUT2D eigenvalue weighted by Gasteiger charge is -2.19. The molecule has 3 nitrogen and oxygen atoms in total. The molecule has 2 unspecified atom stereocenters. The minimum atomic E-state index is -0.866. The van der Waals surface area contributed by atoms with Gasteiger partial charge in [-0.15, -0.1) is 0 Å². The Labute approximate surface area is 95.7 Å². The van der Waals surface area contributed by atoms with Gasteiger partial charge in [0.05, 0.1) is 5.56 Å². The molecule has 0 bridgehead atoms. The summed E-state index contributed by atoms with van der Waals surface area (Å²) >= 11 is 0. The summed E-state index contributed by atoms with van der Waals surface area (Å²) in [4.78, 5) is 13.0. The monoisotopic (exact) mass is 219 g/mol. The van der Waals surface area contributed by atoms with Crippen molar-refractivity contribution in [3.8, 4) is 0 Å². The van der Waals surface area contributed by atoms with Crippen molar-refractivity contribution >= 4 is 11.7 Å². The smallest absolute Gasteiger partial charge is 0.335 e. The first-order chi connectivity index (χ1) is 7.58. The quantitative estimate of drug-likeness (QED) is 0.845. The molecule has 0 heterocycles. The predicted octanol–water partition coefficient (Wildman–Crippen LogP) is 2.48. The lowest BCUT2D eigenvalue weighted by Crippen LogP contribution is -2.20. The van der Waals surface area contributed by atoms with Crippen LogP contribution in [0.25, 0.3) is 0 Å². The van der Waals surface area contributed by atoms with Gasteiger partial charge in [-0.25, -0.2) is 4.79 Å². The van der Waals surface area contributed by atoms with Crippen LogP contribution >= 0.6 is 0 Å². The molecule has 1 aliphatic rings. The predicted molar refractivity (Wildman–Crippen MR) is 63.9 cm³/mol. The van der Waals surface area contributed by atoms with Crippen LogP contribution in [0.2, 0.25) is 0 Å². The molecule has 0 aliphatic heterocycles. The minimum Gasteiger partial charge on any atom is -0.478 e. The lowest BCUT2D eigenvalue weighted by atomic mass is 10.2. The van der Waals surface area contributed by atoms with E-state index in [0.717, 1.165) is 24.1 Å². The molecule has 0 aromatic heterocycles. The fourth-order valence-electron chi connectivity index (χ4n) is 1.99. The van der Waals surface area contributed by atoms with Gasteiger partial charge in [-0.3, -0.25) is 0 Å². The number of carboxylic acid groups (broad SMARTS) is 1. The molecule has 2 atom stereocenters. The molecule has 86 valence electrons. The molecule has 2 rings (SSSR count). The number of aromatic carboxylic acids is 1. The molecule has 3 heteroatoms. The molecule has 1 aromatic rings. The molecule has 0 saturated heterocycles. The van der Waals surface area contributed by atoms with Gasteiger partial charge in [0.1, 0.15) is 0 Å². The summed E-state index contributed by atoms with van der Waals surface area (Å²) in [6.45, 7) is 3.27. The van der Waals surface area contributed by atoms with E-state index in [1.165, 1.54) is 6.42 Å². The van der Waals surface area contributed by atoms with Crippen LogP contribution in [0.5, 0.6) is 0 Å². The van der Waals surface area contributed by atoms with Gasteiger partial charge >= 0.3 is 5.97 Å². The van der Waals surface area contributed by atoms with Gasteiger partial charge in [-0.1, -0.05) is 13.0 Å². The first-order valence-corrected chi connectivity index (χ1v) is 5.62. The van der Waals surface area contributed by atoms with Crippen LogP contribution in [-0.2, 0) is 0 Å². The zero-order valence-electron chi connectivity index (χ0n) is 9.68. The third-order valence-corrected chi connectivity index (χ3v) is 3.32. The first kappa shape index (κ1) is 11.0. The van der Waals surface area contributed by atoms with E-state index in [0.29, 0.717) is 5.56 Å². The highest BCUT2D eigenvalue weighted by Crippen LogP contribution is 2.38. The average Bonchev–Trinajstić information content (AvgIpc) is 2.94. The Morgan fingerprint density at radius 2 is 2.25 bits per heavy atom. The first-order valence-electron chi connectivity index (χ1n) is 5.62. The number of benzene rings is 1. The molecule has 1 N–H and O–H groups in total. The highest BCUT2D eigenvalue weighted by atomic mass is 16.4. The molecule has 0 radical (unpaired) electrons. The topological polar surface area (TPSA) is 40.5 Å². The Morgan fingerprint density at radius 1 is 1.56 bits per heavy atom. The van der Waals surface area contributed by atoms with E-state index >= 15 is 0 Å². The maximum atomic E-state index is 10.8. The summed E-state index contributed by atoms with van der Waals surface area (Å²) in [5.74, 6) is 0.735. The van der Waals surface area contributed by atoms with E-state index in [2.05, 4.69) is 11.8 Å². The lowest BCUT2D eigenvalue weighted by molar-refractivity contribution is 0.0697. The van der Waals surface area contributed by atoms with Crippen molar-refractivity contribution in [2.24, 2.45) is 11.8 Å². The van der Waals surface area contributed by atoms with Crippen LogP contribution in [0.4, 0.5) is 5.69 Å². The molecule has 0 spiro atoms. The second-order valence-electron chi connectivity index (χ2n) is 4.71. The van der Waals surface area contributed by atoms with Gasteiger partial charge in [0, 0.05) is 19.3 Å². The highest BCUT2D eigenvalue weighted by molar-refractivity contribution is 5.88. The number of carboxylic acids is 1. The van der Waals surface area contributed by atoms with Crippen LogP contribution in [0.1, 0.15) is 23.7 Å². The summed E-state index contributed by atoms with van der Waals surface area (Å²) in [6.07, 6.45) is 1.29. The van der Waals surface area contributed by atoms with Gasteiger partial charge in [-0.2, -0.15) is 0 Å². The average molecular weight is 219 g/mol. The Kier molecular flexibility index (Phi) is 2.86. The van der Waals surface area contributed by atoms with Crippen molar-refractivity contribution in [3.63, 3.8) is 0 Å². The summed E-state index contributed by atoms with van der Waals surface area (Å²) in [5.41, 5.74) is 1.34. The second-order valence-corrected chi connectivity index (χ2v) is 4.71. The van der Waals surface area contributed by atoms with Crippen molar-refractivity contribution in [1.82, 2.24) is 0 Å². The molecular weight excluding hydrogens is 202 g/mol. The Hall–Kier alpha value is -1.51. The normalized spacial score (nSPS) is 22.9. The van der Waals surface area contributed by atoms with Gasteiger partial charge in [0.15, 0.2) is 0 Å². The van der Waals surface area contributed by atoms with Gasteiger partial charge in [0.2, 0.25) is 0 Å². The van der Waals surface area contributed by atoms with Crippen LogP contribution in [0, 0.1) is 11.8 Å². The highest BCUT2D eigenvalue weighted by Gasteiger charge is 2.33. The molecule has 1 saturated carbocycles. The minimum absolute atomic E-state index is 0.355. The Bertz CT molecular complexity index is 403. The molecular formula is C13H17NO2. The van der Waals surface area contributed by atoms with Gasteiger partial charge in [-0.05, 0) is 36.5 Å². The Morgan fingerprint density at radius 3 is 2.81 bits per heavy atom. The second kappa shape index (κ2) is 4.16. The van der Waals surface area contributed by atoms with E-state index < -0.39 is 5.97 Å². The van der Waals surface area contributed by atoms with Crippen molar-refractivity contribution in [2.75, 3.05) is 18.5 Å². The fraction of sp³-hybridized carbons (Fsp3) is 0.462. The third-order valence-electron chi connectivity index (χ3n) is 3.32. The van der Waals surface area contributed by atoms with Crippen LogP contribution in [0.15, 0.2) is 24.3 Å². The molecule has 0 amide bonds. The van der Waals surface area contributed by atoms with E-state index in [1.54, 1.807) is 18.2 Å². The number of hydrogen-bond donors (Lipinski definition) is 1. The number of hydrogen-bond acceptors (Lipinski definition) is 2. The van der Waals surface area contributed by atoms with Crippen LogP contribution < -0.4 is 4.90 Å². The zero-order chi connectivity index (χ0) is 11.7. The standard InChI is InChI=1S/C13H17NO2/c1-9-6-11(9)8-14(2)12-5-3-4-10(7-12)13(15)16/h3-5,7,9,11H,6,8H2,1-2H3,(H,15,16). The molecule has 1 aromatic carbocycles. The van der Waals surface area contributed by atoms with Crippen molar-refractivity contribution in [1.29, 1.82) is 0 Å². The maximum Gasteiger partial charge on any atom is 0.335 e. The number of anilines is 1. The van der Waals surface area contributed by atoms with E-state index in [-0.39, 0.29) is 0 Å². The van der Waals surface area contributed by atoms with Gasteiger partial charge in [0.25, 0.3) is 0 Å². The number of rotatable bonds is 4. The molecule has 16 heavy (non-hydrogen) atoms. The SMILES string of the molecule is CC1CC1CN(C)c1cccc(C(=O)O)c1. The molecule has 1 fully saturated rings. The van der Waals surface area contributed by atoms with E-state index in [1.807, 2.05) is 13.1 Å². The van der Waals surface area contributed by atoms with Crippen molar-refractivity contribution in [3.05, 3.63) is 29.8 Å². The Balaban J connectivity index is 2.07. The summed E-state index contributed by atoms with van der Waals surface area (Å²) in [5, 5.41) is 8.91.